The van der Waals surface area contributed by atoms with Gasteiger partial charge in [-0.2, -0.15) is 4.98 Å². The molecule has 0 radical (unpaired) electrons. The average molecular weight is 296 g/mol. The van der Waals surface area contributed by atoms with E-state index in [9.17, 15) is 4.79 Å². The van der Waals surface area contributed by atoms with Gasteiger partial charge < -0.3 is 9.52 Å². The Hall–Kier alpha value is -2.12. The lowest BCUT2D eigenvalue weighted by molar-refractivity contribution is 0.0691. The molecule has 8 heteroatoms. The van der Waals surface area contributed by atoms with Crippen molar-refractivity contribution in [2.45, 2.75) is 0 Å². The molecule has 0 bridgehead atoms. The first-order valence-corrected chi connectivity index (χ1v) is 6.39. The summed E-state index contributed by atoms with van der Waals surface area (Å²) < 4.78 is 5.44. The van der Waals surface area contributed by atoms with Crippen LogP contribution in [-0.4, -0.2) is 21.0 Å². The maximum absolute atomic E-state index is 10.7. The number of anilines is 2. The van der Waals surface area contributed by atoms with Crippen molar-refractivity contribution in [2.75, 3.05) is 5.32 Å². The van der Waals surface area contributed by atoms with Crippen LogP contribution in [0, 0.1) is 0 Å². The van der Waals surface area contributed by atoms with E-state index in [0.717, 1.165) is 11.3 Å². The average Bonchev–Trinajstić information content (AvgIpc) is 2.95. The second kappa shape index (κ2) is 4.52. The van der Waals surface area contributed by atoms with Crippen LogP contribution >= 0.6 is 22.9 Å². The van der Waals surface area contributed by atoms with Crippen LogP contribution in [0.1, 0.15) is 10.5 Å². The first-order valence-electron chi connectivity index (χ1n) is 5.14. The third-order valence-corrected chi connectivity index (χ3v) is 3.28. The molecule has 96 valence electrons. The summed E-state index contributed by atoms with van der Waals surface area (Å²) in [5.74, 6) is -1.08. The van der Waals surface area contributed by atoms with E-state index < -0.39 is 5.97 Å². The number of oxazole rings is 1. The summed E-state index contributed by atoms with van der Waals surface area (Å²) in [4.78, 5) is 18.8. The monoisotopic (exact) mass is 295 g/mol. The van der Waals surface area contributed by atoms with E-state index in [1.54, 1.807) is 18.2 Å². The molecule has 0 fully saturated rings. The van der Waals surface area contributed by atoms with Crippen LogP contribution in [0.5, 0.6) is 0 Å². The van der Waals surface area contributed by atoms with Crippen LogP contribution < -0.4 is 5.32 Å². The summed E-state index contributed by atoms with van der Waals surface area (Å²) in [6.07, 6.45) is 0. The highest BCUT2D eigenvalue weighted by atomic mass is 35.5. The Labute approximate surface area is 115 Å². The first kappa shape index (κ1) is 11.9. The van der Waals surface area contributed by atoms with Crippen molar-refractivity contribution >= 4 is 51.2 Å². The Morgan fingerprint density at radius 2 is 2.26 bits per heavy atom. The van der Waals surface area contributed by atoms with Crippen molar-refractivity contribution in [1.29, 1.82) is 0 Å². The Balaban J connectivity index is 1.89. The predicted octanol–water partition coefficient (Wildman–Crippen LogP) is 3.38. The molecule has 0 unspecified atom stereocenters. The summed E-state index contributed by atoms with van der Waals surface area (Å²) in [5, 5.41) is 14.0. The summed E-state index contributed by atoms with van der Waals surface area (Å²) in [5.41, 5.74) is 1.18. The minimum atomic E-state index is -1.08. The number of thiazole rings is 1. The fourth-order valence-electron chi connectivity index (χ4n) is 1.47. The molecule has 19 heavy (non-hydrogen) atoms. The molecule has 3 rings (SSSR count). The number of carboxylic acids is 1. The Kier molecular flexibility index (Phi) is 2.84. The molecule has 6 nitrogen and oxygen atoms in total. The third kappa shape index (κ3) is 2.38. The van der Waals surface area contributed by atoms with E-state index in [1.165, 1.54) is 5.38 Å². The molecule has 1 aromatic carbocycles. The highest BCUT2D eigenvalue weighted by Gasteiger charge is 2.11. The number of carboxylic acid groups (broad SMARTS) is 1. The van der Waals surface area contributed by atoms with Gasteiger partial charge in [-0.15, -0.1) is 11.3 Å². The number of nitrogens with one attached hydrogen (secondary N) is 1. The van der Waals surface area contributed by atoms with Crippen LogP contribution in [0.15, 0.2) is 28.0 Å². The lowest BCUT2D eigenvalue weighted by Crippen LogP contribution is -1.97. The number of hydrogen-bond acceptors (Lipinski definition) is 6. The van der Waals surface area contributed by atoms with Gasteiger partial charge in [-0.1, -0.05) is 11.6 Å². The normalized spacial score (nSPS) is 10.8. The fraction of sp³-hybridized carbons (Fsp3) is 0. The molecule has 0 saturated carbocycles. The van der Waals surface area contributed by atoms with Gasteiger partial charge in [0.05, 0.1) is 0 Å². The quantitative estimate of drug-likeness (QED) is 0.770. The zero-order chi connectivity index (χ0) is 13.4. The summed E-state index contributed by atoms with van der Waals surface area (Å²) in [6, 6.07) is 5.32. The minimum absolute atomic E-state index is 0.0216. The molecule has 0 aliphatic heterocycles. The van der Waals surface area contributed by atoms with Crippen LogP contribution in [-0.2, 0) is 0 Å². The van der Waals surface area contributed by atoms with Gasteiger partial charge in [-0.05, 0) is 18.2 Å². The van der Waals surface area contributed by atoms with E-state index in [0.29, 0.717) is 21.3 Å². The number of halogens is 1. The molecule has 2 aromatic heterocycles. The van der Waals surface area contributed by atoms with E-state index in [2.05, 4.69) is 15.3 Å². The Morgan fingerprint density at radius 3 is 3.00 bits per heavy atom. The topological polar surface area (TPSA) is 88.2 Å². The minimum Gasteiger partial charge on any atom is -0.476 e. The standard InChI is InChI=1S/C11H6ClN3O3S/c12-5-1-2-8-6(3-5)13-10(18-8)15-11-14-7(4-19-11)9(16)17/h1-4H,(H,16,17)(H,13,14,15). The van der Waals surface area contributed by atoms with Gasteiger partial charge in [0.15, 0.2) is 16.4 Å². The molecule has 0 spiro atoms. The van der Waals surface area contributed by atoms with Gasteiger partial charge in [0.1, 0.15) is 5.52 Å². The van der Waals surface area contributed by atoms with Crippen molar-refractivity contribution in [1.82, 2.24) is 9.97 Å². The highest BCUT2D eigenvalue weighted by molar-refractivity contribution is 7.14. The van der Waals surface area contributed by atoms with Crippen molar-refractivity contribution in [3.63, 3.8) is 0 Å². The van der Waals surface area contributed by atoms with Crippen LogP contribution in [0.4, 0.5) is 11.1 Å². The predicted molar refractivity (Wildman–Crippen MR) is 71.4 cm³/mol. The number of aromatic carboxylic acids is 1. The molecular formula is C11H6ClN3O3S. The van der Waals surface area contributed by atoms with E-state index >= 15 is 0 Å². The largest absolute Gasteiger partial charge is 0.476 e. The van der Waals surface area contributed by atoms with E-state index in [1.807, 2.05) is 0 Å². The molecule has 2 heterocycles. The molecule has 0 amide bonds. The second-order valence-corrected chi connectivity index (χ2v) is 4.89. The first-order chi connectivity index (χ1) is 9.11. The van der Waals surface area contributed by atoms with Gasteiger partial charge in [-0.3, -0.25) is 5.32 Å². The van der Waals surface area contributed by atoms with Crippen molar-refractivity contribution in [3.8, 4) is 0 Å². The van der Waals surface area contributed by atoms with Gasteiger partial charge >= 0.3 is 12.0 Å². The number of rotatable bonds is 3. The van der Waals surface area contributed by atoms with Crippen molar-refractivity contribution in [2.24, 2.45) is 0 Å². The van der Waals surface area contributed by atoms with Gasteiger partial charge in [0, 0.05) is 10.4 Å². The fourth-order valence-corrected chi connectivity index (χ4v) is 2.32. The van der Waals surface area contributed by atoms with Gasteiger partial charge in [-0.25, -0.2) is 9.78 Å². The maximum Gasteiger partial charge on any atom is 0.355 e. The van der Waals surface area contributed by atoms with Gasteiger partial charge in [0.25, 0.3) is 0 Å². The Morgan fingerprint density at radius 1 is 1.42 bits per heavy atom. The summed E-state index contributed by atoms with van der Waals surface area (Å²) in [6.45, 7) is 0. The molecule has 2 N–H and O–H groups in total. The van der Waals surface area contributed by atoms with E-state index in [4.69, 9.17) is 21.1 Å². The number of fused-ring (bicyclic) bond motifs is 1. The van der Waals surface area contributed by atoms with Crippen molar-refractivity contribution in [3.05, 3.63) is 34.3 Å². The molecular weight excluding hydrogens is 290 g/mol. The number of benzene rings is 1. The molecule has 0 saturated heterocycles. The SMILES string of the molecule is O=C(O)c1csc(Nc2nc3cc(Cl)ccc3o2)n1. The third-order valence-electron chi connectivity index (χ3n) is 2.29. The molecule has 3 aromatic rings. The van der Waals surface area contributed by atoms with Crippen LogP contribution in [0.3, 0.4) is 0 Å². The molecule has 0 aliphatic rings. The molecule has 0 aliphatic carbocycles. The van der Waals surface area contributed by atoms with Crippen LogP contribution in [0.25, 0.3) is 11.1 Å². The van der Waals surface area contributed by atoms with Crippen molar-refractivity contribution < 1.29 is 14.3 Å². The number of carbonyl (C=O) groups is 1. The lowest BCUT2D eigenvalue weighted by Gasteiger charge is -1.93. The van der Waals surface area contributed by atoms with Crippen LogP contribution in [0.2, 0.25) is 5.02 Å². The van der Waals surface area contributed by atoms with Gasteiger partial charge in [0.2, 0.25) is 0 Å². The zero-order valence-corrected chi connectivity index (χ0v) is 10.8. The Bertz CT molecular complexity index is 767. The number of hydrogen-bond donors (Lipinski definition) is 2. The lowest BCUT2D eigenvalue weighted by atomic mass is 10.3. The number of nitrogens with zero attached hydrogens (tertiary/aromatic N) is 2. The smallest absolute Gasteiger partial charge is 0.355 e. The number of aromatic nitrogens is 2. The molecule has 0 atom stereocenters. The second-order valence-electron chi connectivity index (χ2n) is 3.60. The summed E-state index contributed by atoms with van der Waals surface area (Å²) >= 11 is 7.01. The maximum atomic E-state index is 10.7. The van der Waals surface area contributed by atoms with E-state index in [-0.39, 0.29) is 11.7 Å². The highest BCUT2D eigenvalue weighted by Crippen LogP contribution is 2.25. The summed E-state index contributed by atoms with van der Waals surface area (Å²) in [7, 11) is 0. The zero-order valence-electron chi connectivity index (χ0n) is 9.25.